The van der Waals surface area contributed by atoms with Crippen LogP contribution in [0.5, 0.6) is 0 Å². The maximum atomic E-state index is 11.5. The van der Waals surface area contributed by atoms with Crippen LogP contribution in [-0.2, 0) is 20.7 Å². The highest BCUT2D eigenvalue weighted by molar-refractivity contribution is 5.73. The molecule has 0 unspecified atom stereocenters. The number of epoxide rings is 1. The first-order chi connectivity index (χ1) is 7.31. The summed E-state index contributed by atoms with van der Waals surface area (Å²) in [5.41, 5.74) is 1.14. The van der Waals surface area contributed by atoms with Gasteiger partial charge >= 0.3 is 5.97 Å². The van der Waals surface area contributed by atoms with E-state index in [9.17, 15) is 4.79 Å². The van der Waals surface area contributed by atoms with Crippen molar-refractivity contribution < 1.29 is 14.3 Å². The summed E-state index contributed by atoms with van der Waals surface area (Å²) in [5, 5.41) is 0. The topological polar surface area (TPSA) is 38.8 Å². The number of hydrogen-bond donors (Lipinski definition) is 0. The van der Waals surface area contributed by atoms with E-state index in [0.717, 1.165) is 5.56 Å². The van der Waals surface area contributed by atoms with Gasteiger partial charge in [0.05, 0.1) is 25.7 Å². The quantitative estimate of drug-likeness (QED) is 0.552. The van der Waals surface area contributed by atoms with Gasteiger partial charge in [0.1, 0.15) is 0 Å². The third-order valence-corrected chi connectivity index (χ3v) is 2.61. The average Bonchev–Trinajstić information content (AvgIpc) is 3.10. The highest BCUT2D eigenvalue weighted by atomic mass is 16.6. The molecular formula is C12H14O3. The van der Waals surface area contributed by atoms with Crippen molar-refractivity contribution in [2.45, 2.75) is 12.5 Å². The fourth-order valence-corrected chi connectivity index (χ4v) is 1.67. The van der Waals surface area contributed by atoms with Gasteiger partial charge in [-0.15, -0.1) is 0 Å². The van der Waals surface area contributed by atoms with E-state index in [0.29, 0.717) is 13.0 Å². The lowest BCUT2D eigenvalue weighted by molar-refractivity contribution is -0.146. The second-order valence-corrected chi connectivity index (χ2v) is 3.69. The van der Waals surface area contributed by atoms with Crippen LogP contribution in [-0.4, -0.2) is 25.8 Å². The Hall–Kier alpha value is -1.35. The maximum absolute atomic E-state index is 11.5. The Morgan fingerprint density at radius 2 is 2.20 bits per heavy atom. The molecule has 15 heavy (non-hydrogen) atoms. The van der Waals surface area contributed by atoms with E-state index in [2.05, 4.69) is 0 Å². The minimum atomic E-state index is -0.179. The van der Waals surface area contributed by atoms with E-state index in [4.69, 9.17) is 9.47 Å². The van der Waals surface area contributed by atoms with Gasteiger partial charge in [-0.25, -0.2) is 0 Å². The predicted molar refractivity (Wildman–Crippen MR) is 55.4 cm³/mol. The first kappa shape index (κ1) is 10.2. The van der Waals surface area contributed by atoms with Crippen molar-refractivity contribution >= 4 is 5.97 Å². The van der Waals surface area contributed by atoms with Gasteiger partial charge in [0, 0.05) is 0 Å². The minimum Gasteiger partial charge on any atom is -0.469 e. The molecule has 2 atom stereocenters. The lowest BCUT2D eigenvalue weighted by Gasteiger charge is -2.11. The Bertz CT molecular complexity index is 330. The van der Waals surface area contributed by atoms with Gasteiger partial charge in [-0.1, -0.05) is 30.3 Å². The summed E-state index contributed by atoms with van der Waals surface area (Å²) in [6.45, 7) is 0.673. The van der Waals surface area contributed by atoms with Crippen LogP contribution < -0.4 is 0 Å². The van der Waals surface area contributed by atoms with Crippen LogP contribution in [0, 0.1) is 5.92 Å². The van der Waals surface area contributed by atoms with Gasteiger partial charge in [-0.05, 0) is 12.0 Å². The minimum absolute atomic E-state index is 0.0534. The molecule has 1 aliphatic heterocycles. The highest BCUT2D eigenvalue weighted by Crippen LogP contribution is 2.25. The monoisotopic (exact) mass is 206 g/mol. The molecule has 0 aliphatic carbocycles. The van der Waals surface area contributed by atoms with Gasteiger partial charge in [0.15, 0.2) is 0 Å². The molecule has 2 rings (SSSR count). The number of carbonyl (C=O) groups is 1. The van der Waals surface area contributed by atoms with Crippen molar-refractivity contribution in [1.82, 2.24) is 0 Å². The van der Waals surface area contributed by atoms with Crippen LogP contribution in [0.1, 0.15) is 5.56 Å². The van der Waals surface area contributed by atoms with Crippen molar-refractivity contribution in [3.63, 3.8) is 0 Å². The SMILES string of the molecule is COC(=O)[C@H](Cc1ccccc1)[C@@H]1CO1. The predicted octanol–water partition coefficient (Wildman–Crippen LogP) is 1.42. The second kappa shape index (κ2) is 4.45. The number of methoxy groups -OCH3 is 1. The van der Waals surface area contributed by atoms with Crippen LogP contribution in [0.25, 0.3) is 0 Å². The molecule has 1 aliphatic rings. The van der Waals surface area contributed by atoms with Crippen molar-refractivity contribution in [2.75, 3.05) is 13.7 Å². The summed E-state index contributed by atoms with van der Waals surface area (Å²) in [6.07, 6.45) is 0.746. The first-order valence-corrected chi connectivity index (χ1v) is 5.04. The van der Waals surface area contributed by atoms with Crippen LogP contribution >= 0.6 is 0 Å². The van der Waals surface area contributed by atoms with Crippen molar-refractivity contribution in [2.24, 2.45) is 5.92 Å². The van der Waals surface area contributed by atoms with Crippen molar-refractivity contribution in [1.29, 1.82) is 0 Å². The molecule has 0 saturated carbocycles. The molecule has 0 radical (unpaired) electrons. The highest BCUT2D eigenvalue weighted by Gasteiger charge is 2.38. The van der Waals surface area contributed by atoms with Gasteiger partial charge < -0.3 is 9.47 Å². The summed E-state index contributed by atoms with van der Waals surface area (Å²) in [6, 6.07) is 9.93. The third-order valence-electron chi connectivity index (χ3n) is 2.61. The molecule has 3 nitrogen and oxygen atoms in total. The molecule has 1 aromatic rings. The maximum Gasteiger partial charge on any atom is 0.311 e. The van der Waals surface area contributed by atoms with E-state index in [1.807, 2.05) is 30.3 Å². The zero-order valence-electron chi connectivity index (χ0n) is 8.68. The fourth-order valence-electron chi connectivity index (χ4n) is 1.67. The van der Waals surface area contributed by atoms with Gasteiger partial charge in [0.2, 0.25) is 0 Å². The van der Waals surface area contributed by atoms with Crippen LogP contribution in [0.15, 0.2) is 30.3 Å². The summed E-state index contributed by atoms with van der Waals surface area (Å²) in [7, 11) is 1.42. The molecule has 80 valence electrons. The number of carbonyl (C=O) groups excluding carboxylic acids is 1. The first-order valence-electron chi connectivity index (χ1n) is 5.04. The van der Waals surface area contributed by atoms with Crippen LogP contribution in [0.3, 0.4) is 0 Å². The summed E-state index contributed by atoms with van der Waals surface area (Å²) < 4.78 is 9.93. The smallest absolute Gasteiger partial charge is 0.311 e. The largest absolute Gasteiger partial charge is 0.469 e. The Morgan fingerprint density at radius 1 is 1.53 bits per heavy atom. The number of esters is 1. The molecule has 0 aromatic heterocycles. The van der Waals surface area contributed by atoms with E-state index in [1.54, 1.807) is 0 Å². The Kier molecular flexibility index (Phi) is 3.02. The second-order valence-electron chi connectivity index (χ2n) is 3.69. The molecule has 0 N–H and O–H groups in total. The van der Waals surface area contributed by atoms with E-state index in [1.165, 1.54) is 7.11 Å². The number of hydrogen-bond acceptors (Lipinski definition) is 3. The van der Waals surface area contributed by atoms with Gasteiger partial charge in [-0.3, -0.25) is 4.79 Å². The van der Waals surface area contributed by atoms with E-state index < -0.39 is 0 Å². The zero-order valence-corrected chi connectivity index (χ0v) is 8.68. The number of benzene rings is 1. The van der Waals surface area contributed by atoms with E-state index in [-0.39, 0.29) is 18.0 Å². The molecule has 1 aromatic carbocycles. The molecule has 1 saturated heterocycles. The normalized spacial score (nSPS) is 20.7. The Morgan fingerprint density at radius 3 is 2.73 bits per heavy atom. The summed E-state index contributed by atoms with van der Waals surface area (Å²) >= 11 is 0. The standard InChI is InChI=1S/C12H14O3/c1-14-12(13)10(11-8-15-11)7-9-5-3-2-4-6-9/h2-6,10-11H,7-8H2,1H3/t10-,11+/m1/s1. The number of ether oxygens (including phenoxy) is 2. The molecule has 3 heteroatoms. The van der Waals surface area contributed by atoms with Crippen molar-refractivity contribution in [3.05, 3.63) is 35.9 Å². The summed E-state index contributed by atoms with van der Waals surface area (Å²) in [4.78, 5) is 11.5. The van der Waals surface area contributed by atoms with Gasteiger partial charge in [0.25, 0.3) is 0 Å². The molecule has 0 spiro atoms. The Balaban J connectivity index is 2.04. The van der Waals surface area contributed by atoms with Crippen LogP contribution in [0.4, 0.5) is 0 Å². The average molecular weight is 206 g/mol. The molecule has 1 fully saturated rings. The summed E-state index contributed by atoms with van der Waals surface area (Å²) in [5.74, 6) is -0.334. The molecular weight excluding hydrogens is 192 g/mol. The number of rotatable bonds is 4. The van der Waals surface area contributed by atoms with Gasteiger partial charge in [-0.2, -0.15) is 0 Å². The molecule has 1 heterocycles. The third kappa shape index (κ3) is 2.57. The molecule has 0 amide bonds. The lowest BCUT2D eigenvalue weighted by Crippen LogP contribution is -2.24. The van der Waals surface area contributed by atoms with E-state index >= 15 is 0 Å². The molecule has 0 bridgehead atoms. The zero-order chi connectivity index (χ0) is 10.7. The fraction of sp³-hybridized carbons (Fsp3) is 0.417. The Labute approximate surface area is 89.0 Å². The van der Waals surface area contributed by atoms with Crippen LogP contribution in [0.2, 0.25) is 0 Å². The lowest BCUT2D eigenvalue weighted by atomic mass is 9.97. The van der Waals surface area contributed by atoms with Crippen molar-refractivity contribution in [3.8, 4) is 0 Å².